The minimum absolute atomic E-state index is 0.283. The average Bonchev–Trinajstić information content (AvgIpc) is 3.21. The molecule has 29 heavy (non-hydrogen) atoms. The quantitative estimate of drug-likeness (QED) is 0.466. The summed E-state index contributed by atoms with van der Waals surface area (Å²) in [7, 11) is 3.71. The van der Waals surface area contributed by atoms with Crippen molar-refractivity contribution >= 4 is 5.96 Å². The smallest absolute Gasteiger partial charge is 0.226 e. The van der Waals surface area contributed by atoms with E-state index in [0.717, 1.165) is 23.0 Å². The zero-order chi connectivity index (χ0) is 20.5. The molecule has 0 aliphatic rings. The minimum Gasteiger partial charge on any atom is -0.492 e. The lowest BCUT2D eigenvalue weighted by Gasteiger charge is -2.22. The number of oxazole rings is 1. The number of hydrogen-bond acceptors (Lipinski definition) is 4. The third-order valence-corrected chi connectivity index (χ3v) is 4.32. The number of benzene rings is 2. The summed E-state index contributed by atoms with van der Waals surface area (Å²) in [5, 5.41) is 3.31. The maximum Gasteiger partial charge on any atom is 0.226 e. The monoisotopic (exact) mass is 396 g/mol. The highest BCUT2D eigenvalue weighted by Crippen LogP contribution is 2.19. The van der Waals surface area contributed by atoms with E-state index in [1.54, 1.807) is 25.4 Å². The Labute approximate surface area is 170 Å². The fraction of sp³-hybridized carbons (Fsp3) is 0.273. The lowest BCUT2D eigenvalue weighted by atomic mass is 10.2. The van der Waals surface area contributed by atoms with Crippen molar-refractivity contribution in [1.29, 1.82) is 0 Å². The second-order valence-corrected chi connectivity index (χ2v) is 6.46. The van der Waals surface area contributed by atoms with Crippen molar-refractivity contribution in [2.24, 2.45) is 4.99 Å². The molecule has 0 radical (unpaired) electrons. The number of likely N-dealkylation sites (N-methyl/N-ethyl adjacent to an activating group) is 1. The van der Waals surface area contributed by atoms with Gasteiger partial charge in [-0.25, -0.2) is 9.37 Å². The second-order valence-electron chi connectivity index (χ2n) is 6.46. The molecule has 3 aromatic rings. The maximum absolute atomic E-state index is 13.0. The number of para-hydroxylation sites is 1. The van der Waals surface area contributed by atoms with E-state index >= 15 is 0 Å². The molecule has 0 unspecified atom stereocenters. The Morgan fingerprint density at radius 3 is 2.66 bits per heavy atom. The number of aliphatic imine (C=N–C) groups is 1. The van der Waals surface area contributed by atoms with E-state index in [1.807, 2.05) is 42.3 Å². The first-order chi connectivity index (χ1) is 14.2. The van der Waals surface area contributed by atoms with Crippen molar-refractivity contribution < 1.29 is 13.5 Å². The number of nitrogens with one attached hydrogen (secondary N) is 1. The van der Waals surface area contributed by atoms with Crippen LogP contribution >= 0.6 is 0 Å². The van der Waals surface area contributed by atoms with E-state index in [9.17, 15) is 4.39 Å². The molecule has 0 bridgehead atoms. The zero-order valence-electron chi connectivity index (χ0n) is 16.6. The molecule has 152 valence electrons. The molecule has 6 nitrogen and oxygen atoms in total. The number of hydrogen-bond donors (Lipinski definition) is 1. The predicted octanol–water partition coefficient (Wildman–Crippen LogP) is 3.61. The molecule has 0 fully saturated rings. The fourth-order valence-corrected chi connectivity index (χ4v) is 2.76. The molecule has 1 heterocycles. The van der Waals surface area contributed by atoms with Crippen LogP contribution in [0, 0.1) is 5.82 Å². The van der Waals surface area contributed by atoms with Crippen LogP contribution in [0.1, 0.15) is 5.69 Å². The van der Waals surface area contributed by atoms with Crippen LogP contribution in [0.25, 0.3) is 11.5 Å². The molecule has 0 saturated carbocycles. The lowest BCUT2D eigenvalue weighted by molar-refractivity contribution is 0.281. The van der Waals surface area contributed by atoms with Crippen LogP contribution in [-0.4, -0.2) is 49.6 Å². The summed E-state index contributed by atoms with van der Waals surface area (Å²) in [5.41, 5.74) is 1.57. The van der Waals surface area contributed by atoms with Crippen LogP contribution in [0.3, 0.4) is 0 Å². The second kappa shape index (κ2) is 10.3. The van der Waals surface area contributed by atoms with Gasteiger partial charge in [-0.15, -0.1) is 0 Å². The lowest BCUT2D eigenvalue weighted by Crippen LogP contribution is -2.41. The van der Waals surface area contributed by atoms with Gasteiger partial charge >= 0.3 is 0 Å². The van der Waals surface area contributed by atoms with Gasteiger partial charge < -0.3 is 19.4 Å². The van der Waals surface area contributed by atoms with Crippen molar-refractivity contribution in [1.82, 2.24) is 15.2 Å². The number of aromatic nitrogens is 1. The number of nitrogens with zero attached hydrogens (tertiary/aromatic N) is 3. The first kappa shape index (κ1) is 20.4. The van der Waals surface area contributed by atoms with Crippen molar-refractivity contribution in [2.75, 3.05) is 33.8 Å². The van der Waals surface area contributed by atoms with Crippen molar-refractivity contribution in [3.63, 3.8) is 0 Å². The van der Waals surface area contributed by atoms with E-state index in [1.165, 1.54) is 12.1 Å². The van der Waals surface area contributed by atoms with Gasteiger partial charge in [-0.3, -0.25) is 4.99 Å². The van der Waals surface area contributed by atoms with Gasteiger partial charge in [0.25, 0.3) is 0 Å². The fourth-order valence-electron chi connectivity index (χ4n) is 2.76. The Morgan fingerprint density at radius 2 is 1.93 bits per heavy atom. The summed E-state index contributed by atoms with van der Waals surface area (Å²) < 4.78 is 24.3. The Kier molecular flexibility index (Phi) is 7.22. The molecule has 0 atom stereocenters. The molecule has 0 saturated heterocycles. The first-order valence-corrected chi connectivity index (χ1v) is 9.45. The Bertz CT molecular complexity index is 910. The zero-order valence-corrected chi connectivity index (χ0v) is 16.6. The Hall–Kier alpha value is -3.35. The number of guanidine groups is 1. The summed E-state index contributed by atoms with van der Waals surface area (Å²) in [4.78, 5) is 10.8. The van der Waals surface area contributed by atoms with Crippen molar-refractivity contribution in [3.8, 4) is 17.2 Å². The van der Waals surface area contributed by atoms with E-state index in [4.69, 9.17) is 9.15 Å². The van der Waals surface area contributed by atoms with Gasteiger partial charge in [0.15, 0.2) is 5.96 Å². The van der Waals surface area contributed by atoms with Crippen LogP contribution in [-0.2, 0) is 6.42 Å². The van der Waals surface area contributed by atoms with E-state index < -0.39 is 0 Å². The third kappa shape index (κ3) is 6.07. The van der Waals surface area contributed by atoms with Crippen LogP contribution < -0.4 is 10.1 Å². The highest BCUT2D eigenvalue weighted by atomic mass is 19.1. The van der Waals surface area contributed by atoms with Crippen molar-refractivity contribution in [3.05, 3.63) is 72.4 Å². The first-order valence-electron chi connectivity index (χ1n) is 9.45. The Balaban J connectivity index is 1.43. The maximum atomic E-state index is 13.0. The molecule has 1 N–H and O–H groups in total. The third-order valence-electron chi connectivity index (χ3n) is 4.32. The summed E-state index contributed by atoms with van der Waals surface area (Å²) in [6, 6.07) is 15.8. The standard InChI is InChI=1S/C22H25FN4O2/c1-24-22(27(2)14-15-28-20-6-4-3-5-7-20)25-13-12-19-16-29-21(26-19)17-8-10-18(23)11-9-17/h3-11,16H,12-15H2,1-2H3,(H,24,25). The van der Waals surface area contributed by atoms with E-state index in [2.05, 4.69) is 15.3 Å². The van der Waals surface area contributed by atoms with Gasteiger partial charge in [-0.1, -0.05) is 18.2 Å². The van der Waals surface area contributed by atoms with Gasteiger partial charge in [0.05, 0.1) is 12.2 Å². The molecule has 3 rings (SSSR count). The molecule has 1 aromatic heterocycles. The van der Waals surface area contributed by atoms with Gasteiger partial charge in [-0.05, 0) is 36.4 Å². The van der Waals surface area contributed by atoms with Crippen LogP contribution in [0.4, 0.5) is 4.39 Å². The molecule has 0 aliphatic heterocycles. The van der Waals surface area contributed by atoms with Gasteiger partial charge in [0.1, 0.15) is 24.4 Å². The molecular weight excluding hydrogens is 371 g/mol. The molecule has 0 spiro atoms. The molecular formula is C22H25FN4O2. The normalized spacial score (nSPS) is 11.3. The summed E-state index contributed by atoms with van der Waals surface area (Å²) in [6.45, 7) is 1.92. The van der Waals surface area contributed by atoms with E-state index in [-0.39, 0.29) is 5.82 Å². The summed E-state index contributed by atoms with van der Waals surface area (Å²) >= 11 is 0. The number of halogens is 1. The topological polar surface area (TPSA) is 62.9 Å². The SMILES string of the molecule is CN=C(NCCc1coc(-c2ccc(F)cc2)n1)N(C)CCOc1ccccc1. The summed E-state index contributed by atoms with van der Waals surface area (Å²) in [5.74, 6) is 1.84. The van der Waals surface area contributed by atoms with Gasteiger partial charge in [0, 0.05) is 32.6 Å². The van der Waals surface area contributed by atoms with E-state index in [0.29, 0.717) is 32.0 Å². The largest absolute Gasteiger partial charge is 0.492 e. The number of ether oxygens (including phenoxy) is 1. The van der Waals surface area contributed by atoms with Crippen LogP contribution in [0.5, 0.6) is 5.75 Å². The van der Waals surface area contributed by atoms with Crippen molar-refractivity contribution in [2.45, 2.75) is 6.42 Å². The van der Waals surface area contributed by atoms with Gasteiger partial charge in [-0.2, -0.15) is 0 Å². The summed E-state index contributed by atoms with van der Waals surface area (Å²) in [6.07, 6.45) is 2.30. The minimum atomic E-state index is -0.283. The molecule has 2 aromatic carbocycles. The highest BCUT2D eigenvalue weighted by Gasteiger charge is 2.09. The van der Waals surface area contributed by atoms with Crippen LogP contribution in [0.2, 0.25) is 0 Å². The van der Waals surface area contributed by atoms with Crippen LogP contribution in [0.15, 0.2) is 70.3 Å². The molecule has 7 heteroatoms. The molecule has 0 amide bonds. The predicted molar refractivity (Wildman–Crippen MR) is 112 cm³/mol. The molecule has 0 aliphatic carbocycles. The van der Waals surface area contributed by atoms with Gasteiger partial charge in [0.2, 0.25) is 5.89 Å². The highest BCUT2D eigenvalue weighted by molar-refractivity contribution is 5.79. The number of rotatable bonds is 8. The Morgan fingerprint density at radius 1 is 1.17 bits per heavy atom. The average molecular weight is 396 g/mol.